The molecule has 0 radical (unpaired) electrons. The number of guanidine groups is 2. The predicted octanol–water partition coefficient (Wildman–Crippen LogP) is 3.16. The van der Waals surface area contributed by atoms with E-state index in [4.69, 9.17) is 11.5 Å². The van der Waals surface area contributed by atoms with Gasteiger partial charge in [0.05, 0.1) is 13.1 Å². The summed E-state index contributed by atoms with van der Waals surface area (Å²) >= 11 is 0. The molecule has 1 aromatic rings. The molecule has 6 N–H and O–H groups in total. The zero-order valence-electron chi connectivity index (χ0n) is 17.0. The van der Waals surface area contributed by atoms with Crippen molar-refractivity contribution >= 4 is 11.9 Å². The van der Waals surface area contributed by atoms with Gasteiger partial charge in [0, 0.05) is 12.1 Å². The number of aliphatic imine (C=N–C) groups is 2. The van der Waals surface area contributed by atoms with Crippen LogP contribution in [0.15, 0.2) is 34.3 Å². The smallest absolute Gasteiger partial charge is 0.189 e. The first kappa shape index (κ1) is 20.5. The van der Waals surface area contributed by atoms with Crippen molar-refractivity contribution in [2.75, 3.05) is 0 Å². The Kier molecular flexibility index (Phi) is 8.00. The van der Waals surface area contributed by atoms with Crippen molar-refractivity contribution in [2.24, 2.45) is 21.5 Å². The van der Waals surface area contributed by atoms with Crippen LogP contribution < -0.4 is 22.1 Å². The van der Waals surface area contributed by atoms with E-state index in [0.717, 1.165) is 11.1 Å². The van der Waals surface area contributed by atoms with E-state index in [-0.39, 0.29) is 0 Å². The van der Waals surface area contributed by atoms with E-state index in [9.17, 15) is 0 Å². The Morgan fingerprint density at radius 3 is 1.39 bits per heavy atom. The van der Waals surface area contributed by atoms with Crippen molar-refractivity contribution < 1.29 is 0 Å². The number of benzene rings is 1. The van der Waals surface area contributed by atoms with Gasteiger partial charge in [-0.15, -0.1) is 0 Å². The molecular formula is C22H36N6. The van der Waals surface area contributed by atoms with Gasteiger partial charge in [-0.25, -0.2) is 9.98 Å². The van der Waals surface area contributed by atoms with E-state index in [1.165, 1.54) is 64.2 Å². The Morgan fingerprint density at radius 2 is 1.04 bits per heavy atom. The van der Waals surface area contributed by atoms with Gasteiger partial charge < -0.3 is 22.1 Å². The highest BCUT2D eigenvalue weighted by atomic mass is 15.1. The van der Waals surface area contributed by atoms with E-state index >= 15 is 0 Å². The lowest BCUT2D eigenvalue weighted by atomic mass is 9.96. The molecule has 0 atom stereocenters. The van der Waals surface area contributed by atoms with Crippen LogP contribution >= 0.6 is 0 Å². The zero-order chi connectivity index (χ0) is 19.6. The van der Waals surface area contributed by atoms with Crippen LogP contribution in [0.3, 0.4) is 0 Å². The van der Waals surface area contributed by atoms with Crippen molar-refractivity contribution in [3.05, 3.63) is 35.4 Å². The monoisotopic (exact) mass is 384 g/mol. The lowest BCUT2D eigenvalue weighted by Gasteiger charge is -2.23. The van der Waals surface area contributed by atoms with Crippen LogP contribution in [0, 0.1) is 0 Å². The molecule has 1 aromatic carbocycles. The first-order chi connectivity index (χ1) is 13.7. The van der Waals surface area contributed by atoms with Gasteiger partial charge in [0.2, 0.25) is 0 Å². The maximum absolute atomic E-state index is 6.04. The molecule has 6 nitrogen and oxygen atoms in total. The summed E-state index contributed by atoms with van der Waals surface area (Å²) in [5.41, 5.74) is 14.4. The first-order valence-corrected chi connectivity index (χ1v) is 10.9. The molecular weight excluding hydrogens is 348 g/mol. The molecule has 0 saturated heterocycles. The van der Waals surface area contributed by atoms with Crippen LogP contribution in [0.2, 0.25) is 0 Å². The molecule has 0 amide bonds. The minimum atomic E-state index is 0.491. The van der Waals surface area contributed by atoms with Crippen molar-refractivity contribution in [3.8, 4) is 0 Å². The molecule has 0 aromatic heterocycles. The Balaban J connectivity index is 1.42. The summed E-state index contributed by atoms with van der Waals surface area (Å²) in [5.74, 6) is 1.12. The molecule has 0 spiro atoms. The number of rotatable bonds is 6. The maximum Gasteiger partial charge on any atom is 0.189 e. The lowest BCUT2D eigenvalue weighted by Crippen LogP contribution is -2.41. The van der Waals surface area contributed by atoms with Gasteiger partial charge in [-0.2, -0.15) is 0 Å². The third-order valence-electron chi connectivity index (χ3n) is 5.80. The standard InChI is InChI=1S/C22H36N6/c23-21(27-19-7-3-1-4-8-19)25-15-17-11-13-18(14-12-17)16-26-22(24)28-20-9-5-2-6-10-20/h11-14,19-20H,1-10,15-16H2,(H3,23,25,27)(H3,24,26,28). The average Bonchev–Trinajstić information content (AvgIpc) is 2.73. The molecule has 0 heterocycles. The predicted molar refractivity (Wildman–Crippen MR) is 117 cm³/mol. The first-order valence-electron chi connectivity index (χ1n) is 10.9. The molecule has 28 heavy (non-hydrogen) atoms. The van der Waals surface area contributed by atoms with E-state index in [1.807, 2.05) is 0 Å². The van der Waals surface area contributed by atoms with Gasteiger partial charge >= 0.3 is 0 Å². The second kappa shape index (κ2) is 10.9. The second-order valence-corrected chi connectivity index (χ2v) is 8.18. The highest BCUT2D eigenvalue weighted by Gasteiger charge is 2.14. The van der Waals surface area contributed by atoms with Gasteiger partial charge in [0.1, 0.15) is 0 Å². The number of nitrogens with two attached hydrogens (primary N) is 2. The molecule has 2 saturated carbocycles. The SMILES string of the molecule is NC(=NCc1ccc(CN=C(N)NC2CCCCC2)cc1)NC1CCCCC1. The molecule has 2 fully saturated rings. The van der Waals surface area contributed by atoms with Crippen LogP contribution in [-0.4, -0.2) is 24.0 Å². The molecule has 6 heteroatoms. The average molecular weight is 385 g/mol. The molecule has 154 valence electrons. The molecule has 0 unspecified atom stereocenters. The number of hydrogen-bond donors (Lipinski definition) is 4. The second-order valence-electron chi connectivity index (χ2n) is 8.18. The van der Waals surface area contributed by atoms with Gasteiger partial charge in [-0.1, -0.05) is 62.8 Å². The topological polar surface area (TPSA) is 101 Å². The highest BCUT2D eigenvalue weighted by molar-refractivity contribution is 5.78. The summed E-state index contributed by atoms with van der Waals surface area (Å²) in [6, 6.07) is 9.34. The van der Waals surface area contributed by atoms with Crippen LogP contribution in [0.5, 0.6) is 0 Å². The Hall–Kier alpha value is -2.24. The minimum Gasteiger partial charge on any atom is -0.370 e. The number of nitrogens with one attached hydrogen (secondary N) is 2. The molecule has 2 aliphatic carbocycles. The molecule has 2 aliphatic rings. The van der Waals surface area contributed by atoms with Crippen molar-refractivity contribution in [1.82, 2.24) is 10.6 Å². The van der Waals surface area contributed by atoms with Crippen LogP contribution in [0.4, 0.5) is 0 Å². The Bertz CT molecular complexity index is 582. The quantitative estimate of drug-likeness (QED) is 0.447. The number of nitrogens with zero attached hydrogens (tertiary/aromatic N) is 2. The van der Waals surface area contributed by atoms with Gasteiger partial charge in [0.15, 0.2) is 11.9 Å². The lowest BCUT2D eigenvalue weighted by molar-refractivity contribution is 0.412. The Labute approximate surface area is 169 Å². The van der Waals surface area contributed by atoms with Crippen molar-refractivity contribution in [2.45, 2.75) is 89.4 Å². The summed E-state index contributed by atoms with van der Waals surface area (Å²) in [4.78, 5) is 8.97. The van der Waals surface area contributed by atoms with Crippen molar-refractivity contribution in [1.29, 1.82) is 0 Å². The zero-order valence-corrected chi connectivity index (χ0v) is 17.0. The summed E-state index contributed by atoms with van der Waals surface area (Å²) < 4.78 is 0. The molecule has 0 aliphatic heterocycles. The summed E-state index contributed by atoms with van der Waals surface area (Å²) in [6.45, 7) is 1.20. The Morgan fingerprint density at radius 1 is 0.679 bits per heavy atom. The minimum absolute atomic E-state index is 0.491. The van der Waals surface area contributed by atoms with E-state index in [1.54, 1.807) is 0 Å². The van der Waals surface area contributed by atoms with Gasteiger partial charge in [-0.05, 0) is 36.8 Å². The third kappa shape index (κ3) is 7.06. The largest absolute Gasteiger partial charge is 0.370 e. The van der Waals surface area contributed by atoms with Crippen LogP contribution in [-0.2, 0) is 13.1 Å². The maximum atomic E-state index is 6.04. The summed E-state index contributed by atoms with van der Waals surface area (Å²) in [5, 5.41) is 6.71. The third-order valence-corrected chi connectivity index (χ3v) is 5.80. The molecule has 3 rings (SSSR count). The summed E-state index contributed by atoms with van der Waals surface area (Å²) in [6.07, 6.45) is 12.6. The van der Waals surface area contributed by atoms with E-state index in [2.05, 4.69) is 44.9 Å². The number of hydrogen-bond acceptors (Lipinski definition) is 2. The van der Waals surface area contributed by atoms with E-state index in [0.29, 0.717) is 37.1 Å². The van der Waals surface area contributed by atoms with E-state index < -0.39 is 0 Å². The fraction of sp³-hybridized carbons (Fsp3) is 0.636. The molecule has 0 bridgehead atoms. The normalized spacial score (nSPS) is 20.1. The van der Waals surface area contributed by atoms with Crippen LogP contribution in [0.1, 0.15) is 75.3 Å². The van der Waals surface area contributed by atoms with Crippen molar-refractivity contribution in [3.63, 3.8) is 0 Å². The fourth-order valence-electron chi connectivity index (χ4n) is 4.11. The van der Waals surface area contributed by atoms with Gasteiger partial charge in [-0.3, -0.25) is 0 Å². The van der Waals surface area contributed by atoms with Gasteiger partial charge in [0.25, 0.3) is 0 Å². The van der Waals surface area contributed by atoms with Crippen LogP contribution in [0.25, 0.3) is 0 Å². The highest BCUT2D eigenvalue weighted by Crippen LogP contribution is 2.18. The fourth-order valence-corrected chi connectivity index (χ4v) is 4.11. The summed E-state index contributed by atoms with van der Waals surface area (Å²) in [7, 11) is 0.